The van der Waals surface area contributed by atoms with Gasteiger partial charge in [0.1, 0.15) is 0 Å². The van der Waals surface area contributed by atoms with Crippen molar-refractivity contribution in [2.24, 2.45) is 11.8 Å². The Morgan fingerprint density at radius 3 is 2.59 bits per heavy atom. The lowest BCUT2D eigenvalue weighted by Crippen LogP contribution is -2.05. The first-order valence-electron chi connectivity index (χ1n) is 9.62. The Morgan fingerprint density at radius 2 is 1.82 bits per heavy atom. The monoisotopic (exact) mass is 308 g/mol. The summed E-state index contributed by atoms with van der Waals surface area (Å²) in [5, 5.41) is 8.62. The summed E-state index contributed by atoms with van der Waals surface area (Å²) < 4.78 is 0. The third kappa shape index (κ3) is 9.27. The topological polar surface area (TPSA) is 37.3 Å². The minimum Gasteiger partial charge on any atom is -0.481 e. The number of hydrogen-bond donors (Lipinski definition) is 1. The SMILES string of the molecule is CCCCCC/C=C/[C@H]1CCC[C@@H]1CCCCCCC(=O)O. The number of carbonyl (C=O) groups is 1. The Bertz CT molecular complexity index is 309. The summed E-state index contributed by atoms with van der Waals surface area (Å²) in [6.07, 6.45) is 21.9. The zero-order chi connectivity index (χ0) is 16.0. The molecule has 0 saturated heterocycles. The second-order valence-corrected chi connectivity index (χ2v) is 6.98. The van der Waals surface area contributed by atoms with E-state index in [9.17, 15) is 4.79 Å². The van der Waals surface area contributed by atoms with Crippen LogP contribution < -0.4 is 0 Å². The van der Waals surface area contributed by atoms with Gasteiger partial charge in [0.2, 0.25) is 0 Å². The van der Waals surface area contributed by atoms with Crippen molar-refractivity contribution >= 4 is 5.97 Å². The number of unbranched alkanes of at least 4 members (excludes halogenated alkanes) is 7. The minimum absolute atomic E-state index is 0.340. The lowest BCUT2D eigenvalue weighted by atomic mass is 9.90. The Balaban J connectivity index is 2.07. The highest BCUT2D eigenvalue weighted by atomic mass is 16.4. The van der Waals surface area contributed by atoms with E-state index < -0.39 is 5.97 Å². The third-order valence-electron chi connectivity index (χ3n) is 5.04. The summed E-state index contributed by atoms with van der Waals surface area (Å²) >= 11 is 0. The van der Waals surface area contributed by atoms with E-state index in [-0.39, 0.29) is 0 Å². The number of hydrogen-bond acceptors (Lipinski definition) is 1. The highest BCUT2D eigenvalue weighted by molar-refractivity contribution is 5.66. The van der Waals surface area contributed by atoms with Crippen molar-refractivity contribution in [1.29, 1.82) is 0 Å². The Hall–Kier alpha value is -0.790. The molecule has 0 heterocycles. The van der Waals surface area contributed by atoms with Crippen LogP contribution in [0.25, 0.3) is 0 Å². The summed E-state index contributed by atoms with van der Waals surface area (Å²) in [6, 6.07) is 0. The quantitative estimate of drug-likeness (QED) is 0.318. The van der Waals surface area contributed by atoms with Gasteiger partial charge in [0.15, 0.2) is 0 Å². The molecule has 0 bridgehead atoms. The molecular formula is C20H36O2. The van der Waals surface area contributed by atoms with Crippen LogP contribution in [0.4, 0.5) is 0 Å². The van der Waals surface area contributed by atoms with Gasteiger partial charge in [-0.2, -0.15) is 0 Å². The Morgan fingerprint density at radius 1 is 1.05 bits per heavy atom. The molecule has 1 rings (SSSR count). The molecule has 0 aliphatic heterocycles. The highest BCUT2D eigenvalue weighted by Gasteiger charge is 2.24. The fraction of sp³-hybridized carbons (Fsp3) is 0.850. The molecule has 0 aromatic carbocycles. The highest BCUT2D eigenvalue weighted by Crippen LogP contribution is 2.36. The molecule has 1 fully saturated rings. The van der Waals surface area contributed by atoms with Gasteiger partial charge in [-0.15, -0.1) is 0 Å². The normalized spacial score (nSPS) is 21.7. The molecule has 1 N–H and O–H groups in total. The Labute approximate surface area is 137 Å². The van der Waals surface area contributed by atoms with Crippen molar-refractivity contribution in [1.82, 2.24) is 0 Å². The largest absolute Gasteiger partial charge is 0.481 e. The van der Waals surface area contributed by atoms with Crippen LogP contribution >= 0.6 is 0 Å². The van der Waals surface area contributed by atoms with Crippen molar-refractivity contribution in [3.8, 4) is 0 Å². The molecule has 0 amide bonds. The maximum atomic E-state index is 10.5. The molecule has 128 valence electrons. The van der Waals surface area contributed by atoms with Crippen molar-refractivity contribution in [3.63, 3.8) is 0 Å². The van der Waals surface area contributed by atoms with Gasteiger partial charge in [-0.25, -0.2) is 0 Å². The predicted molar refractivity (Wildman–Crippen MR) is 94.1 cm³/mol. The van der Waals surface area contributed by atoms with Crippen LogP contribution in [0.15, 0.2) is 12.2 Å². The Kier molecular flexibility index (Phi) is 11.1. The number of carboxylic acid groups (broad SMARTS) is 1. The fourth-order valence-electron chi connectivity index (χ4n) is 3.67. The molecule has 0 unspecified atom stereocenters. The number of carboxylic acids is 1. The molecule has 2 atom stereocenters. The van der Waals surface area contributed by atoms with E-state index in [1.54, 1.807) is 0 Å². The molecule has 0 radical (unpaired) electrons. The fourth-order valence-corrected chi connectivity index (χ4v) is 3.67. The minimum atomic E-state index is -0.653. The van der Waals surface area contributed by atoms with Gasteiger partial charge in [0.25, 0.3) is 0 Å². The van der Waals surface area contributed by atoms with Crippen LogP contribution in [0.2, 0.25) is 0 Å². The number of allylic oxidation sites excluding steroid dienone is 2. The van der Waals surface area contributed by atoms with Crippen molar-refractivity contribution in [2.75, 3.05) is 0 Å². The number of rotatable bonds is 13. The molecular weight excluding hydrogens is 272 g/mol. The smallest absolute Gasteiger partial charge is 0.303 e. The van der Waals surface area contributed by atoms with Crippen molar-refractivity contribution in [3.05, 3.63) is 12.2 Å². The first-order chi connectivity index (χ1) is 10.7. The van der Waals surface area contributed by atoms with E-state index in [0.29, 0.717) is 6.42 Å². The lowest BCUT2D eigenvalue weighted by Gasteiger charge is -2.16. The van der Waals surface area contributed by atoms with Crippen molar-refractivity contribution in [2.45, 2.75) is 96.8 Å². The average molecular weight is 309 g/mol. The maximum absolute atomic E-state index is 10.5. The van der Waals surface area contributed by atoms with Crippen LogP contribution in [0.5, 0.6) is 0 Å². The predicted octanol–water partition coefficient (Wildman–Crippen LogP) is 6.35. The number of aliphatic carboxylic acids is 1. The van der Waals surface area contributed by atoms with E-state index in [1.807, 2.05) is 0 Å². The maximum Gasteiger partial charge on any atom is 0.303 e. The van der Waals surface area contributed by atoms with Crippen LogP contribution in [-0.4, -0.2) is 11.1 Å². The van der Waals surface area contributed by atoms with Gasteiger partial charge in [-0.1, -0.05) is 64.0 Å². The zero-order valence-electron chi connectivity index (χ0n) is 14.6. The summed E-state index contributed by atoms with van der Waals surface area (Å²) in [6.45, 7) is 2.26. The van der Waals surface area contributed by atoms with Gasteiger partial charge in [-0.3, -0.25) is 4.79 Å². The summed E-state index contributed by atoms with van der Waals surface area (Å²) in [4.78, 5) is 10.5. The third-order valence-corrected chi connectivity index (χ3v) is 5.04. The van der Waals surface area contributed by atoms with Gasteiger partial charge in [0.05, 0.1) is 0 Å². The molecule has 0 aromatic heterocycles. The molecule has 1 aliphatic rings. The van der Waals surface area contributed by atoms with E-state index in [4.69, 9.17) is 5.11 Å². The van der Waals surface area contributed by atoms with E-state index in [2.05, 4.69) is 19.1 Å². The summed E-state index contributed by atoms with van der Waals surface area (Å²) in [5.74, 6) is 1.07. The molecule has 0 aromatic rings. The first-order valence-corrected chi connectivity index (χ1v) is 9.62. The molecule has 22 heavy (non-hydrogen) atoms. The first kappa shape index (κ1) is 19.3. The van der Waals surface area contributed by atoms with Crippen LogP contribution in [-0.2, 0) is 4.79 Å². The molecule has 0 spiro atoms. The van der Waals surface area contributed by atoms with Gasteiger partial charge in [0, 0.05) is 6.42 Å². The van der Waals surface area contributed by atoms with Gasteiger partial charge < -0.3 is 5.11 Å². The van der Waals surface area contributed by atoms with Crippen LogP contribution in [0.3, 0.4) is 0 Å². The lowest BCUT2D eigenvalue weighted by molar-refractivity contribution is -0.137. The molecule has 2 heteroatoms. The summed E-state index contributed by atoms with van der Waals surface area (Å²) in [7, 11) is 0. The van der Waals surface area contributed by atoms with E-state index in [0.717, 1.165) is 24.7 Å². The van der Waals surface area contributed by atoms with Gasteiger partial charge >= 0.3 is 5.97 Å². The standard InChI is InChI=1S/C20H36O2/c1-2-3-4-5-6-9-13-18-15-12-16-19(18)14-10-7-8-11-17-20(21)22/h9,13,18-19H,2-8,10-12,14-17H2,1H3,(H,21,22)/b13-9+/t18-,19-/m0/s1. The summed E-state index contributed by atoms with van der Waals surface area (Å²) in [5.41, 5.74) is 0. The molecule has 1 saturated carbocycles. The molecule has 2 nitrogen and oxygen atoms in total. The zero-order valence-corrected chi connectivity index (χ0v) is 14.6. The van der Waals surface area contributed by atoms with Gasteiger partial charge in [-0.05, 0) is 50.4 Å². The van der Waals surface area contributed by atoms with Crippen molar-refractivity contribution < 1.29 is 9.90 Å². The second kappa shape index (κ2) is 12.7. The van der Waals surface area contributed by atoms with Crippen LogP contribution in [0.1, 0.15) is 96.8 Å². The van der Waals surface area contributed by atoms with E-state index in [1.165, 1.54) is 70.6 Å². The van der Waals surface area contributed by atoms with E-state index >= 15 is 0 Å². The second-order valence-electron chi connectivity index (χ2n) is 6.98. The average Bonchev–Trinajstić information content (AvgIpc) is 2.93. The van der Waals surface area contributed by atoms with Crippen LogP contribution in [0, 0.1) is 11.8 Å². The molecule has 1 aliphatic carbocycles.